The van der Waals surface area contributed by atoms with Crippen LogP contribution in [0.2, 0.25) is 0 Å². The molecule has 5 nitrogen and oxygen atoms in total. The predicted molar refractivity (Wildman–Crippen MR) is 107 cm³/mol. The second kappa shape index (κ2) is 7.58. The zero-order chi connectivity index (χ0) is 19.7. The van der Waals surface area contributed by atoms with Crippen molar-refractivity contribution >= 4 is 22.5 Å². The minimum atomic E-state index is -0.185. The zero-order valence-corrected chi connectivity index (χ0v) is 16.2. The van der Waals surface area contributed by atoms with Crippen LogP contribution in [-0.4, -0.2) is 34.8 Å². The highest BCUT2D eigenvalue weighted by molar-refractivity contribution is 6.02. The van der Waals surface area contributed by atoms with Crippen molar-refractivity contribution in [2.75, 3.05) is 13.1 Å². The zero-order valence-electron chi connectivity index (χ0n) is 16.2. The maximum absolute atomic E-state index is 13.1. The lowest BCUT2D eigenvalue weighted by Crippen LogP contribution is -2.42. The number of carbonyl (C=O) groups is 2. The lowest BCUT2D eigenvalue weighted by Gasteiger charge is -2.31. The number of Topliss-reactive ketones (excluding diaryl/α,β-unsaturated/α-hetero) is 1. The first kappa shape index (κ1) is 18.4. The largest absolute Gasteiger partial charge is 0.360 e. The third kappa shape index (κ3) is 3.57. The van der Waals surface area contributed by atoms with Gasteiger partial charge in [0.05, 0.1) is 0 Å². The fourth-order valence-electron chi connectivity index (χ4n) is 3.78. The third-order valence-electron chi connectivity index (χ3n) is 5.43. The second-order valence-electron chi connectivity index (χ2n) is 7.79. The van der Waals surface area contributed by atoms with Crippen LogP contribution < -0.4 is 0 Å². The Kier molecular flexibility index (Phi) is 4.99. The summed E-state index contributed by atoms with van der Waals surface area (Å²) in [6.45, 7) is 5.06. The summed E-state index contributed by atoms with van der Waals surface area (Å²) in [6.07, 6.45) is 1.61. The van der Waals surface area contributed by atoms with E-state index in [9.17, 15) is 9.59 Å². The molecule has 1 amide bonds. The molecule has 2 aromatic carbocycles. The molecule has 0 unspecified atom stereocenters. The first-order valence-corrected chi connectivity index (χ1v) is 9.82. The van der Waals surface area contributed by atoms with Gasteiger partial charge >= 0.3 is 0 Å². The summed E-state index contributed by atoms with van der Waals surface area (Å²) in [5.41, 5.74) is 1.03. The fraction of sp³-hybridized carbons (Fsp3) is 0.348. The Labute approximate surface area is 164 Å². The standard InChI is InChI=1S/C23H24N2O3/c1-15(2)21-13-20(24-28-21)23(27)25-11-5-8-19(14-25)22(26)18-10-9-16-6-3-4-7-17(16)12-18/h3-4,6-7,9-10,12-13,15,19H,5,8,11,14H2,1-2H3/t19-/m1/s1. The van der Waals surface area contributed by atoms with E-state index in [1.165, 1.54) is 0 Å². The van der Waals surface area contributed by atoms with Gasteiger partial charge in [-0.1, -0.05) is 55.4 Å². The molecule has 0 aliphatic carbocycles. The van der Waals surface area contributed by atoms with E-state index < -0.39 is 0 Å². The Hall–Kier alpha value is -2.95. The molecular formula is C23H24N2O3. The quantitative estimate of drug-likeness (QED) is 0.620. The number of rotatable bonds is 4. The molecule has 5 heteroatoms. The van der Waals surface area contributed by atoms with Gasteiger partial charge in [0.1, 0.15) is 5.76 Å². The summed E-state index contributed by atoms with van der Waals surface area (Å²) in [4.78, 5) is 27.6. The Morgan fingerprint density at radius 2 is 1.89 bits per heavy atom. The van der Waals surface area contributed by atoms with E-state index in [-0.39, 0.29) is 23.5 Å². The molecule has 1 aliphatic heterocycles. The Morgan fingerprint density at radius 3 is 2.64 bits per heavy atom. The topological polar surface area (TPSA) is 63.4 Å². The molecular weight excluding hydrogens is 352 g/mol. The van der Waals surface area contributed by atoms with Gasteiger partial charge < -0.3 is 9.42 Å². The highest BCUT2D eigenvalue weighted by atomic mass is 16.5. The summed E-state index contributed by atoms with van der Waals surface area (Å²) in [5, 5.41) is 6.10. The minimum absolute atomic E-state index is 0.103. The van der Waals surface area contributed by atoms with Crippen molar-refractivity contribution in [3.05, 3.63) is 65.5 Å². The number of carbonyl (C=O) groups excluding carboxylic acids is 2. The van der Waals surface area contributed by atoms with Crippen LogP contribution in [0.25, 0.3) is 10.8 Å². The first-order valence-electron chi connectivity index (χ1n) is 9.82. The van der Waals surface area contributed by atoms with E-state index in [4.69, 9.17) is 4.52 Å². The van der Waals surface area contributed by atoms with Gasteiger partial charge in [0.2, 0.25) is 0 Å². The number of hydrogen-bond acceptors (Lipinski definition) is 4. The average molecular weight is 376 g/mol. The Bertz CT molecular complexity index is 1020. The molecule has 0 spiro atoms. The van der Waals surface area contributed by atoms with Gasteiger partial charge in [0, 0.05) is 36.6 Å². The van der Waals surface area contributed by atoms with Crippen molar-refractivity contribution in [1.29, 1.82) is 0 Å². The van der Waals surface area contributed by atoms with Crippen molar-refractivity contribution in [2.45, 2.75) is 32.6 Å². The first-order chi connectivity index (χ1) is 13.5. The number of amides is 1. The van der Waals surface area contributed by atoms with E-state index >= 15 is 0 Å². The average Bonchev–Trinajstić information content (AvgIpc) is 3.23. The summed E-state index contributed by atoms with van der Waals surface area (Å²) < 4.78 is 5.26. The molecule has 1 aromatic heterocycles. The van der Waals surface area contributed by atoms with E-state index in [1.54, 1.807) is 11.0 Å². The molecule has 0 bridgehead atoms. The minimum Gasteiger partial charge on any atom is -0.360 e. The normalized spacial score (nSPS) is 17.2. The lowest BCUT2D eigenvalue weighted by molar-refractivity contribution is 0.0628. The summed E-state index contributed by atoms with van der Waals surface area (Å²) in [7, 11) is 0. The van der Waals surface area contributed by atoms with E-state index in [0.717, 1.165) is 23.6 Å². The number of likely N-dealkylation sites (tertiary alicyclic amines) is 1. The molecule has 1 atom stereocenters. The van der Waals surface area contributed by atoms with E-state index in [0.29, 0.717) is 30.1 Å². The molecule has 0 N–H and O–H groups in total. The van der Waals surface area contributed by atoms with Crippen LogP contribution in [-0.2, 0) is 0 Å². The molecule has 1 fully saturated rings. The second-order valence-corrected chi connectivity index (χ2v) is 7.79. The van der Waals surface area contributed by atoms with Crippen molar-refractivity contribution in [3.8, 4) is 0 Å². The number of ketones is 1. The number of piperidine rings is 1. The molecule has 1 saturated heterocycles. The molecule has 144 valence electrons. The van der Waals surface area contributed by atoms with Crippen LogP contribution in [0.1, 0.15) is 59.2 Å². The van der Waals surface area contributed by atoms with Crippen molar-refractivity contribution in [1.82, 2.24) is 10.1 Å². The maximum atomic E-state index is 13.1. The SMILES string of the molecule is CC(C)c1cc(C(=O)N2CCC[C@@H](C(=O)c3ccc4ccccc4c3)C2)no1. The van der Waals surface area contributed by atoms with Crippen LogP contribution in [0.5, 0.6) is 0 Å². The van der Waals surface area contributed by atoms with Crippen LogP contribution in [0.15, 0.2) is 53.1 Å². The van der Waals surface area contributed by atoms with E-state index in [2.05, 4.69) is 5.16 Å². The summed E-state index contributed by atoms with van der Waals surface area (Å²) >= 11 is 0. The number of nitrogens with zero attached hydrogens (tertiary/aromatic N) is 2. The number of benzene rings is 2. The van der Waals surface area contributed by atoms with Crippen LogP contribution >= 0.6 is 0 Å². The maximum Gasteiger partial charge on any atom is 0.276 e. The van der Waals surface area contributed by atoms with Gasteiger partial charge in [-0.2, -0.15) is 0 Å². The third-order valence-corrected chi connectivity index (χ3v) is 5.43. The van der Waals surface area contributed by atoms with Gasteiger partial charge in [0.25, 0.3) is 5.91 Å². The Balaban J connectivity index is 1.50. The smallest absolute Gasteiger partial charge is 0.276 e. The lowest BCUT2D eigenvalue weighted by atomic mass is 9.89. The predicted octanol–water partition coefficient (Wildman–Crippen LogP) is 4.69. The van der Waals surface area contributed by atoms with Crippen molar-refractivity contribution < 1.29 is 14.1 Å². The number of aromatic nitrogens is 1. The molecule has 28 heavy (non-hydrogen) atoms. The number of hydrogen-bond donors (Lipinski definition) is 0. The summed E-state index contributed by atoms with van der Waals surface area (Å²) in [5.74, 6) is 0.634. The molecule has 2 heterocycles. The van der Waals surface area contributed by atoms with Gasteiger partial charge in [-0.3, -0.25) is 9.59 Å². The highest BCUT2D eigenvalue weighted by Gasteiger charge is 2.31. The van der Waals surface area contributed by atoms with Gasteiger partial charge in [0.15, 0.2) is 11.5 Å². The van der Waals surface area contributed by atoms with Gasteiger partial charge in [-0.25, -0.2) is 0 Å². The van der Waals surface area contributed by atoms with Crippen molar-refractivity contribution in [2.24, 2.45) is 5.92 Å². The molecule has 1 aliphatic rings. The number of fused-ring (bicyclic) bond motifs is 1. The molecule has 3 aromatic rings. The molecule has 0 radical (unpaired) electrons. The summed E-state index contributed by atoms with van der Waals surface area (Å²) in [6, 6.07) is 15.5. The van der Waals surface area contributed by atoms with Gasteiger partial charge in [-0.05, 0) is 29.7 Å². The Morgan fingerprint density at radius 1 is 1.11 bits per heavy atom. The molecule has 0 saturated carbocycles. The van der Waals surface area contributed by atoms with E-state index in [1.807, 2.05) is 56.3 Å². The van der Waals surface area contributed by atoms with Crippen LogP contribution in [0.3, 0.4) is 0 Å². The fourth-order valence-corrected chi connectivity index (χ4v) is 3.78. The van der Waals surface area contributed by atoms with Crippen molar-refractivity contribution in [3.63, 3.8) is 0 Å². The monoisotopic (exact) mass is 376 g/mol. The van der Waals surface area contributed by atoms with Crippen LogP contribution in [0, 0.1) is 5.92 Å². The van der Waals surface area contributed by atoms with Crippen LogP contribution in [0.4, 0.5) is 0 Å². The molecule has 4 rings (SSSR count). The van der Waals surface area contributed by atoms with Gasteiger partial charge in [-0.15, -0.1) is 0 Å². The highest BCUT2D eigenvalue weighted by Crippen LogP contribution is 2.25.